The van der Waals surface area contributed by atoms with Crippen molar-refractivity contribution in [3.8, 4) is 0 Å². The molecule has 2 rings (SSSR count). The minimum atomic E-state index is 0.0670. The van der Waals surface area contributed by atoms with Crippen molar-refractivity contribution in [2.24, 2.45) is 11.7 Å². The minimum absolute atomic E-state index is 0.0670. The molecule has 5 heteroatoms. The summed E-state index contributed by atoms with van der Waals surface area (Å²) in [6.45, 7) is 8.47. The molecule has 1 fully saturated rings. The van der Waals surface area contributed by atoms with Crippen LogP contribution in [0.3, 0.4) is 0 Å². The van der Waals surface area contributed by atoms with Crippen molar-refractivity contribution in [1.29, 1.82) is 0 Å². The predicted octanol–water partition coefficient (Wildman–Crippen LogP) is 1.27. The van der Waals surface area contributed by atoms with Gasteiger partial charge in [-0.15, -0.1) is 0 Å². The van der Waals surface area contributed by atoms with Crippen molar-refractivity contribution in [3.63, 3.8) is 0 Å². The standard InChI is InChI=1S/C14H24N4O/c1-4-18-13(8-12(16-18)7-10(2)3)14(19)17-6-5-11(15)9-17/h8,10-11H,4-7,9,15H2,1-3H3. The first-order valence-electron chi connectivity index (χ1n) is 7.12. The maximum Gasteiger partial charge on any atom is 0.272 e. The normalized spacial score (nSPS) is 19.4. The van der Waals surface area contributed by atoms with Crippen LogP contribution in [-0.4, -0.2) is 39.7 Å². The zero-order valence-electron chi connectivity index (χ0n) is 12.1. The molecule has 0 aromatic carbocycles. The highest BCUT2D eigenvalue weighted by molar-refractivity contribution is 5.93. The summed E-state index contributed by atoms with van der Waals surface area (Å²) < 4.78 is 1.81. The maximum absolute atomic E-state index is 12.5. The lowest BCUT2D eigenvalue weighted by atomic mass is 10.1. The number of hydrogen-bond acceptors (Lipinski definition) is 3. The quantitative estimate of drug-likeness (QED) is 0.891. The Hall–Kier alpha value is -1.36. The fourth-order valence-electron chi connectivity index (χ4n) is 2.54. The molecule has 5 nitrogen and oxygen atoms in total. The van der Waals surface area contributed by atoms with E-state index in [-0.39, 0.29) is 11.9 Å². The minimum Gasteiger partial charge on any atom is -0.336 e. The van der Waals surface area contributed by atoms with E-state index in [0.29, 0.717) is 18.2 Å². The highest BCUT2D eigenvalue weighted by atomic mass is 16.2. The first-order valence-corrected chi connectivity index (χ1v) is 7.12. The largest absolute Gasteiger partial charge is 0.336 e. The average Bonchev–Trinajstić information content (AvgIpc) is 2.94. The zero-order chi connectivity index (χ0) is 14.0. The SMILES string of the molecule is CCn1nc(CC(C)C)cc1C(=O)N1CCC(N)C1. The molecule has 1 amide bonds. The van der Waals surface area contributed by atoms with Gasteiger partial charge in [-0.05, 0) is 31.7 Å². The van der Waals surface area contributed by atoms with E-state index >= 15 is 0 Å². The van der Waals surface area contributed by atoms with Crippen LogP contribution in [0.15, 0.2) is 6.07 Å². The van der Waals surface area contributed by atoms with Crippen LogP contribution in [0.25, 0.3) is 0 Å². The van der Waals surface area contributed by atoms with E-state index < -0.39 is 0 Å². The summed E-state index contributed by atoms with van der Waals surface area (Å²) in [5.41, 5.74) is 7.57. The van der Waals surface area contributed by atoms with Crippen molar-refractivity contribution in [1.82, 2.24) is 14.7 Å². The van der Waals surface area contributed by atoms with Crippen molar-refractivity contribution in [2.75, 3.05) is 13.1 Å². The third-order valence-corrected chi connectivity index (χ3v) is 3.48. The molecule has 106 valence electrons. The van der Waals surface area contributed by atoms with Gasteiger partial charge in [-0.25, -0.2) is 0 Å². The zero-order valence-corrected chi connectivity index (χ0v) is 12.1. The summed E-state index contributed by atoms with van der Waals surface area (Å²) in [6.07, 6.45) is 1.80. The Morgan fingerprint density at radius 3 is 2.84 bits per heavy atom. The molecule has 2 N–H and O–H groups in total. The van der Waals surface area contributed by atoms with E-state index in [4.69, 9.17) is 5.73 Å². The molecule has 19 heavy (non-hydrogen) atoms. The molecule has 1 aromatic rings. The molecule has 0 spiro atoms. The molecule has 1 atom stereocenters. The molecule has 1 aliphatic rings. The molecular formula is C14H24N4O. The van der Waals surface area contributed by atoms with Crippen molar-refractivity contribution < 1.29 is 4.79 Å². The van der Waals surface area contributed by atoms with Gasteiger partial charge in [0.1, 0.15) is 5.69 Å². The Balaban J connectivity index is 2.18. The molecule has 0 bridgehead atoms. The third-order valence-electron chi connectivity index (χ3n) is 3.48. The number of likely N-dealkylation sites (tertiary alicyclic amines) is 1. The van der Waals surface area contributed by atoms with Crippen molar-refractivity contribution >= 4 is 5.91 Å². The molecular weight excluding hydrogens is 240 g/mol. The Bertz CT molecular complexity index is 452. The van der Waals surface area contributed by atoms with Gasteiger partial charge in [-0.2, -0.15) is 5.10 Å². The lowest BCUT2D eigenvalue weighted by Gasteiger charge is -2.15. The van der Waals surface area contributed by atoms with E-state index in [2.05, 4.69) is 18.9 Å². The molecule has 0 saturated carbocycles. The number of hydrogen-bond donors (Lipinski definition) is 1. The van der Waals surface area contributed by atoms with Crippen LogP contribution in [0, 0.1) is 5.92 Å². The van der Waals surface area contributed by atoms with Gasteiger partial charge in [0.25, 0.3) is 5.91 Å². The van der Waals surface area contributed by atoms with Crippen LogP contribution in [0.4, 0.5) is 0 Å². The second-order valence-electron chi connectivity index (χ2n) is 5.73. The topological polar surface area (TPSA) is 64.2 Å². The summed E-state index contributed by atoms with van der Waals surface area (Å²) in [5, 5.41) is 4.52. The maximum atomic E-state index is 12.5. The number of rotatable bonds is 4. The van der Waals surface area contributed by atoms with Gasteiger partial charge >= 0.3 is 0 Å². The molecule has 1 unspecified atom stereocenters. The number of carbonyl (C=O) groups excluding carboxylic acids is 1. The van der Waals surface area contributed by atoms with E-state index in [1.54, 1.807) is 0 Å². The smallest absolute Gasteiger partial charge is 0.272 e. The van der Waals surface area contributed by atoms with Gasteiger partial charge < -0.3 is 10.6 Å². The highest BCUT2D eigenvalue weighted by Crippen LogP contribution is 2.15. The molecule has 0 radical (unpaired) electrons. The van der Waals surface area contributed by atoms with Crippen LogP contribution in [0.1, 0.15) is 43.4 Å². The second kappa shape index (κ2) is 5.74. The molecule has 2 heterocycles. The Kier molecular flexibility index (Phi) is 4.24. The highest BCUT2D eigenvalue weighted by Gasteiger charge is 2.27. The van der Waals surface area contributed by atoms with Gasteiger partial charge in [0, 0.05) is 25.7 Å². The summed E-state index contributed by atoms with van der Waals surface area (Å²) in [7, 11) is 0. The molecule has 1 saturated heterocycles. The number of aryl methyl sites for hydroxylation is 1. The summed E-state index contributed by atoms with van der Waals surface area (Å²) in [5.74, 6) is 0.612. The predicted molar refractivity (Wildman–Crippen MR) is 74.9 cm³/mol. The van der Waals surface area contributed by atoms with Gasteiger partial charge in [0.05, 0.1) is 5.69 Å². The van der Waals surface area contributed by atoms with Crippen LogP contribution < -0.4 is 5.73 Å². The summed E-state index contributed by atoms with van der Waals surface area (Å²) in [6, 6.07) is 2.06. The first kappa shape index (κ1) is 14.1. The van der Waals surface area contributed by atoms with E-state index in [1.165, 1.54) is 0 Å². The molecule has 1 aliphatic heterocycles. The van der Waals surface area contributed by atoms with E-state index in [9.17, 15) is 4.79 Å². The van der Waals surface area contributed by atoms with Crippen molar-refractivity contribution in [3.05, 3.63) is 17.5 Å². The number of nitrogens with two attached hydrogens (primary N) is 1. The monoisotopic (exact) mass is 264 g/mol. The van der Waals surface area contributed by atoms with Crippen LogP contribution >= 0.6 is 0 Å². The number of nitrogens with zero attached hydrogens (tertiary/aromatic N) is 3. The number of aromatic nitrogens is 2. The fourth-order valence-corrected chi connectivity index (χ4v) is 2.54. The Morgan fingerprint density at radius 2 is 2.32 bits per heavy atom. The van der Waals surface area contributed by atoms with Gasteiger partial charge in [0.2, 0.25) is 0 Å². The second-order valence-corrected chi connectivity index (χ2v) is 5.73. The van der Waals surface area contributed by atoms with Gasteiger partial charge in [0.15, 0.2) is 0 Å². The van der Waals surface area contributed by atoms with Gasteiger partial charge in [-0.3, -0.25) is 9.48 Å². The lowest BCUT2D eigenvalue weighted by molar-refractivity contribution is 0.0778. The van der Waals surface area contributed by atoms with E-state index in [1.807, 2.05) is 22.6 Å². The van der Waals surface area contributed by atoms with Crippen LogP contribution in [-0.2, 0) is 13.0 Å². The fraction of sp³-hybridized carbons (Fsp3) is 0.714. The average molecular weight is 264 g/mol. The number of amides is 1. The Morgan fingerprint density at radius 1 is 1.58 bits per heavy atom. The van der Waals surface area contributed by atoms with Crippen molar-refractivity contribution in [2.45, 2.75) is 46.2 Å². The Labute approximate surface area is 114 Å². The molecule has 1 aromatic heterocycles. The first-order chi connectivity index (χ1) is 9.01. The van der Waals surface area contributed by atoms with E-state index in [0.717, 1.165) is 31.6 Å². The summed E-state index contributed by atoms with van der Waals surface area (Å²) in [4.78, 5) is 14.3. The van der Waals surface area contributed by atoms with Gasteiger partial charge in [-0.1, -0.05) is 13.8 Å². The van der Waals surface area contributed by atoms with Crippen LogP contribution in [0.2, 0.25) is 0 Å². The summed E-state index contributed by atoms with van der Waals surface area (Å²) >= 11 is 0. The lowest BCUT2D eigenvalue weighted by Crippen LogP contribution is -2.33. The third kappa shape index (κ3) is 3.15. The molecule has 0 aliphatic carbocycles. The van der Waals surface area contributed by atoms with Crippen LogP contribution in [0.5, 0.6) is 0 Å². The number of carbonyl (C=O) groups is 1.